The summed E-state index contributed by atoms with van der Waals surface area (Å²) in [5.74, 6) is 0.726. The lowest BCUT2D eigenvalue weighted by molar-refractivity contribution is 0.181. The summed E-state index contributed by atoms with van der Waals surface area (Å²) in [6.07, 6.45) is 3.75. The van der Waals surface area contributed by atoms with Gasteiger partial charge in [0, 0.05) is 5.02 Å². The first kappa shape index (κ1) is 12.6. The number of tetrazole rings is 1. The van der Waals surface area contributed by atoms with Crippen molar-refractivity contribution in [2.24, 2.45) is 0 Å². The number of rotatable bonds is 3. The van der Waals surface area contributed by atoms with Gasteiger partial charge in [0.05, 0.1) is 6.04 Å². The Hall–Kier alpha value is -1.46. The van der Waals surface area contributed by atoms with Crippen LogP contribution in [-0.2, 0) is 0 Å². The highest BCUT2D eigenvalue weighted by atomic mass is 35.5. The summed E-state index contributed by atoms with van der Waals surface area (Å²) in [6.45, 7) is 2.14. The number of likely N-dealkylation sites (tertiary alicyclic amines) is 1. The minimum atomic E-state index is 0.0660. The molecule has 1 aliphatic rings. The van der Waals surface area contributed by atoms with Gasteiger partial charge >= 0.3 is 0 Å². The van der Waals surface area contributed by atoms with Crippen molar-refractivity contribution in [3.63, 3.8) is 0 Å². The Kier molecular flexibility index (Phi) is 3.75. The predicted octanol–water partition coefficient (Wildman–Crippen LogP) is 2.43. The van der Waals surface area contributed by atoms with Crippen LogP contribution in [0.15, 0.2) is 24.3 Å². The highest BCUT2D eigenvalue weighted by molar-refractivity contribution is 6.30. The Labute approximate surface area is 117 Å². The Morgan fingerprint density at radius 2 is 1.84 bits per heavy atom. The number of aromatic nitrogens is 4. The van der Waals surface area contributed by atoms with Gasteiger partial charge in [0.2, 0.25) is 0 Å². The van der Waals surface area contributed by atoms with Crippen molar-refractivity contribution < 1.29 is 0 Å². The molecule has 3 rings (SSSR count). The second-order valence-electron chi connectivity index (χ2n) is 4.82. The maximum atomic E-state index is 5.96. The maximum Gasteiger partial charge on any atom is 0.196 e. The van der Waals surface area contributed by atoms with Crippen molar-refractivity contribution in [2.75, 3.05) is 13.1 Å². The van der Waals surface area contributed by atoms with Crippen LogP contribution < -0.4 is 0 Å². The Morgan fingerprint density at radius 1 is 1.11 bits per heavy atom. The number of benzene rings is 1. The molecule has 0 bridgehead atoms. The van der Waals surface area contributed by atoms with Crippen molar-refractivity contribution >= 4 is 11.6 Å². The third-order valence-corrected chi connectivity index (χ3v) is 3.80. The molecule has 1 saturated heterocycles. The van der Waals surface area contributed by atoms with Gasteiger partial charge in [-0.2, -0.15) is 5.21 Å². The molecular weight excluding hydrogens is 262 g/mol. The number of hydrogen-bond donors (Lipinski definition) is 1. The molecule has 0 radical (unpaired) electrons. The first-order valence-corrected chi connectivity index (χ1v) is 6.95. The van der Waals surface area contributed by atoms with Crippen LogP contribution in [0.2, 0.25) is 5.02 Å². The molecule has 19 heavy (non-hydrogen) atoms. The average Bonchev–Trinajstić information content (AvgIpc) is 2.96. The number of halogens is 1. The molecule has 1 unspecified atom stereocenters. The number of aromatic amines is 1. The van der Waals surface area contributed by atoms with E-state index in [1.807, 2.05) is 24.3 Å². The van der Waals surface area contributed by atoms with Crippen LogP contribution in [0.3, 0.4) is 0 Å². The lowest BCUT2D eigenvalue weighted by Gasteiger charge is -2.32. The molecule has 1 aromatic heterocycles. The second-order valence-corrected chi connectivity index (χ2v) is 5.26. The molecule has 1 N–H and O–H groups in total. The van der Waals surface area contributed by atoms with Gasteiger partial charge in [0.15, 0.2) is 5.82 Å². The van der Waals surface area contributed by atoms with E-state index in [9.17, 15) is 0 Å². The third-order valence-electron chi connectivity index (χ3n) is 3.55. The van der Waals surface area contributed by atoms with E-state index in [0.29, 0.717) is 0 Å². The summed E-state index contributed by atoms with van der Waals surface area (Å²) in [5, 5.41) is 15.3. The molecule has 1 aromatic carbocycles. The minimum Gasteiger partial charge on any atom is -0.290 e. The molecule has 0 spiro atoms. The normalized spacial score (nSPS) is 18.4. The van der Waals surface area contributed by atoms with Crippen LogP contribution in [0.25, 0.3) is 0 Å². The van der Waals surface area contributed by atoms with Crippen LogP contribution in [0, 0.1) is 0 Å². The van der Waals surface area contributed by atoms with Crippen LogP contribution in [0.5, 0.6) is 0 Å². The fourth-order valence-electron chi connectivity index (χ4n) is 2.63. The molecule has 2 aromatic rings. The number of piperidine rings is 1. The SMILES string of the molecule is Clc1ccc(C(c2nn[nH]n2)N2CCCCC2)cc1. The molecular formula is C13H16ClN5. The van der Waals surface area contributed by atoms with Gasteiger partial charge in [-0.3, -0.25) is 4.90 Å². The molecule has 2 heterocycles. The number of hydrogen-bond acceptors (Lipinski definition) is 4. The molecule has 6 heteroatoms. The van der Waals surface area contributed by atoms with Crippen molar-refractivity contribution in [3.8, 4) is 0 Å². The summed E-state index contributed by atoms with van der Waals surface area (Å²) >= 11 is 5.96. The van der Waals surface area contributed by atoms with E-state index in [2.05, 4.69) is 25.5 Å². The number of H-pyrrole nitrogens is 1. The topological polar surface area (TPSA) is 57.7 Å². The quantitative estimate of drug-likeness (QED) is 0.936. The fourth-order valence-corrected chi connectivity index (χ4v) is 2.76. The van der Waals surface area contributed by atoms with E-state index < -0.39 is 0 Å². The number of nitrogens with zero attached hydrogens (tertiary/aromatic N) is 4. The van der Waals surface area contributed by atoms with E-state index in [1.165, 1.54) is 19.3 Å². The largest absolute Gasteiger partial charge is 0.290 e. The van der Waals surface area contributed by atoms with Gasteiger partial charge < -0.3 is 0 Å². The van der Waals surface area contributed by atoms with Crippen molar-refractivity contribution in [2.45, 2.75) is 25.3 Å². The Bertz CT molecular complexity index is 504. The average molecular weight is 278 g/mol. The lowest BCUT2D eigenvalue weighted by atomic mass is 10.0. The zero-order chi connectivity index (χ0) is 13.1. The summed E-state index contributed by atoms with van der Waals surface area (Å²) in [5.41, 5.74) is 1.16. The van der Waals surface area contributed by atoms with Crippen LogP contribution in [-0.4, -0.2) is 38.6 Å². The van der Waals surface area contributed by atoms with Gasteiger partial charge in [-0.25, -0.2) is 0 Å². The highest BCUT2D eigenvalue weighted by Gasteiger charge is 2.27. The molecule has 0 aliphatic carbocycles. The molecule has 0 amide bonds. The smallest absolute Gasteiger partial charge is 0.196 e. The van der Waals surface area contributed by atoms with Crippen molar-refractivity contribution in [1.82, 2.24) is 25.5 Å². The molecule has 5 nitrogen and oxygen atoms in total. The maximum absolute atomic E-state index is 5.96. The summed E-state index contributed by atoms with van der Waals surface area (Å²) in [4.78, 5) is 2.41. The van der Waals surface area contributed by atoms with Crippen LogP contribution in [0.4, 0.5) is 0 Å². The van der Waals surface area contributed by atoms with Gasteiger partial charge in [-0.1, -0.05) is 35.4 Å². The van der Waals surface area contributed by atoms with E-state index in [-0.39, 0.29) is 6.04 Å². The van der Waals surface area contributed by atoms with Gasteiger partial charge in [0.1, 0.15) is 0 Å². The fraction of sp³-hybridized carbons (Fsp3) is 0.462. The Morgan fingerprint density at radius 3 is 2.47 bits per heavy atom. The first-order chi connectivity index (χ1) is 9.34. The minimum absolute atomic E-state index is 0.0660. The van der Waals surface area contributed by atoms with Crippen molar-refractivity contribution in [1.29, 1.82) is 0 Å². The van der Waals surface area contributed by atoms with E-state index in [0.717, 1.165) is 29.5 Å². The van der Waals surface area contributed by atoms with Crippen LogP contribution in [0.1, 0.15) is 36.7 Å². The molecule has 100 valence electrons. The van der Waals surface area contributed by atoms with Gasteiger partial charge in [0.25, 0.3) is 0 Å². The van der Waals surface area contributed by atoms with Gasteiger partial charge in [-0.05, 0) is 43.6 Å². The van der Waals surface area contributed by atoms with Crippen molar-refractivity contribution in [3.05, 3.63) is 40.7 Å². The summed E-state index contributed by atoms with van der Waals surface area (Å²) < 4.78 is 0. The summed E-state index contributed by atoms with van der Waals surface area (Å²) in [7, 11) is 0. The zero-order valence-corrected chi connectivity index (χ0v) is 11.3. The second kappa shape index (κ2) is 5.67. The third kappa shape index (κ3) is 2.77. The lowest BCUT2D eigenvalue weighted by Crippen LogP contribution is -2.35. The predicted molar refractivity (Wildman–Crippen MR) is 72.9 cm³/mol. The van der Waals surface area contributed by atoms with Crippen LogP contribution >= 0.6 is 11.6 Å². The summed E-state index contributed by atoms with van der Waals surface area (Å²) in [6, 6.07) is 7.97. The van der Waals surface area contributed by atoms with E-state index in [4.69, 9.17) is 11.6 Å². The van der Waals surface area contributed by atoms with E-state index >= 15 is 0 Å². The molecule has 1 aliphatic heterocycles. The van der Waals surface area contributed by atoms with E-state index in [1.54, 1.807) is 0 Å². The van der Waals surface area contributed by atoms with Gasteiger partial charge in [-0.15, -0.1) is 10.2 Å². The first-order valence-electron chi connectivity index (χ1n) is 6.57. The highest BCUT2D eigenvalue weighted by Crippen LogP contribution is 2.29. The molecule has 1 atom stereocenters. The monoisotopic (exact) mass is 277 g/mol. The number of nitrogens with one attached hydrogen (secondary N) is 1. The molecule has 0 saturated carbocycles. The zero-order valence-electron chi connectivity index (χ0n) is 10.6. The molecule has 1 fully saturated rings. The Balaban J connectivity index is 1.93. The standard InChI is InChI=1S/C13H16ClN5/c14-11-6-4-10(5-7-11)12(13-15-17-18-16-13)19-8-2-1-3-9-19/h4-7,12H,1-3,8-9H2,(H,15,16,17,18).